The van der Waals surface area contributed by atoms with Crippen LogP contribution in [0.25, 0.3) is 0 Å². The molecule has 0 aromatic heterocycles. The molecule has 0 radical (unpaired) electrons. The van der Waals surface area contributed by atoms with Crippen molar-refractivity contribution in [2.24, 2.45) is 5.16 Å². The first-order chi connectivity index (χ1) is 7.02. The van der Waals surface area contributed by atoms with Gasteiger partial charge in [0.25, 0.3) is 5.91 Å². The van der Waals surface area contributed by atoms with Crippen molar-refractivity contribution in [1.82, 2.24) is 5.32 Å². The molecule has 0 aromatic rings. The second kappa shape index (κ2) is 4.54. The highest BCUT2D eigenvalue weighted by molar-refractivity contribution is 6.63. The summed E-state index contributed by atoms with van der Waals surface area (Å²) in [7, 11) is 0. The Hall–Kier alpha value is -1.92. The second-order valence-corrected chi connectivity index (χ2v) is 2.97. The first kappa shape index (κ1) is 11.2. The summed E-state index contributed by atoms with van der Waals surface area (Å²) >= 11 is 0. The summed E-state index contributed by atoms with van der Waals surface area (Å²) in [4.78, 5) is 36.9. The van der Waals surface area contributed by atoms with Crippen LogP contribution >= 0.6 is 0 Å². The third kappa shape index (κ3) is 2.76. The summed E-state index contributed by atoms with van der Waals surface area (Å²) in [6, 6.07) is 0. The van der Waals surface area contributed by atoms with Gasteiger partial charge in [0.05, 0.1) is 0 Å². The zero-order valence-electron chi connectivity index (χ0n) is 8.02. The fourth-order valence-electron chi connectivity index (χ4n) is 1.04. The molecule has 0 spiro atoms. The lowest BCUT2D eigenvalue weighted by molar-refractivity contribution is -0.132. The van der Waals surface area contributed by atoms with E-state index in [2.05, 4.69) is 15.3 Å². The lowest BCUT2D eigenvalue weighted by Crippen LogP contribution is -2.26. The first-order valence-corrected chi connectivity index (χ1v) is 4.28. The minimum atomic E-state index is -1.47. The number of ketones is 1. The standard InChI is InChI=1S/C8H10N2O5/c1-4(11)6(8(13)14)10-15-5-2-3-9-7(5)12/h5H,2-3H2,1H3,(H,9,12)(H,13,14)/b10-6+/t5-/m0/s1. The maximum Gasteiger partial charge on any atom is 0.361 e. The van der Waals surface area contributed by atoms with Gasteiger partial charge in [0.1, 0.15) is 0 Å². The van der Waals surface area contributed by atoms with Crippen LogP contribution in [-0.4, -0.2) is 41.1 Å². The van der Waals surface area contributed by atoms with E-state index in [-0.39, 0.29) is 5.91 Å². The van der Waals surface area contributed by atoms with Gasteiger partial charge in [0.15, 0.2) is 5.78 Å². The van der Waals surface area contributed by atoms with E-state index >= 15 is 0 Å². The van der Waals surface area contributed by atoms with Crippen molar-refractivity contribution in [1.29, 1.82) is 0 Å². The summed E-state index contributed by atoms with van der Waals surface area (Å²) in [6.45, 7) is 1.52. The molecule has 0 aromatic carbocycles. The highest BCUT2D eigenvalue weighted by Crippen LogP contribution is 2.05. The predicted molar refractivity (Wildman–Crippen MR) is 48.3 cm³/mol. The fourth-order valence-corrected chi connectivity index (χ4v) is 1.04. The number of amides is 1. The van der Waals surface area contributed by atoms with Gasteiger partial charge in [-0.25, -0.2) is 4.79 Å². The van der Waals surface area contributed by atoms with Crippen molar-refractivity contribution in [3.05, 3.63) is 0 Å². The van der Waals surface area contributed by atoms with Gasteiger partial charge in [-0.3, -0.25) is 9.59 Å². The Morgan fingerprint density at radius 3 is 2.67 bits per heavy atom. The van der Waals surface area contributed by atoms with E-state index in [1.54, 1.807) is 0 Å². The fraction of sp³-hybridized carbons (Fsp3) is 0.500. The first-order valence-electron chi connectivity index (χ1n) is 4.28. The Labute approximate surface area is 85.1 Å². The molecule has 1 fully saturated rings. The number of aliphatic carboxylic acids is 1. The highest BCUT2D eigenvalue weighted by Gasteiger charge is 2.27. The quantitative estimate of drug-likeness (QED) is 0.352. The summed E-state index contributed by atoms with van der Waals surface area (Å²) in [6.07, 6.45) is -0.397. The van der Waals surface area contributed by atoms with Crippen LogP contribution in [0.4, 0.5) is 0 Å². The van der Waals surface area contributed by atoms with E-state index in [1.807, 2.05) is 0 Å². The molecule has 1 heterocycles. The van der Waals surface area contributed by atoms with Crippen LogP contribution < -0.4 is 5.32 Å². The lowest BCUT2D eigenvalue weighted by atomic mass is 10.3. The van der Waals surface area contributed by atoms with Crippen molar-refractivity contribution < 1.29 is 24.3 Å². The van der Waals surface area contributed by atoms with Crippen molar-refractivity contribution in [3.8, 4) is 0 Å². The topological polar surface area (TPSA) is 105 Å². The number of hydrogen-bond donors (Lipinski definition) is 2. The van der Waals surface area contributed by atoms with Gasteiger partial charge in [-0.15, -0.1) is 0 Å². The molecule has 15 heavy (non-hydrogen) atoms. The third-order valence-corrected chi connectivity index (χ3v) is 1.81. The number of hydrogen-bond acceptors (Lipinski definition) is 5. The number of rotatable bonds is 4. The molecule has 0 bridgehead atoms. The Balaban J connectivity index is 2.65. The SMILES string of the molecule is CC(=O)/C(=N\O[C@H]1CCNC1=O)C(=O)O. The van der Waals surface area contributed by atoms with Gasteiger partial charge in [-0.2, -0.15) is 0 Å². The van der Waals surface area contributed by atoms with Crippen LogP contribution in [0.1, 0.15) is 13.3 Å². The average Bonchev–Trinajstić information content (AvgIpc) is 2.51. The molecule has 2 N–H and O–H groups in total. The van der Waals surface area contributed by atoms with E-state index in [0.717, 1.165) is 6.92 Å². The molecular weight excluding hydrogens is 204 g/mol. The van der Waals surface area contributed by atoms with Gasteiger partial charge >= 0.3 is 5.97 Å². The molecule has 0 unspecified atom stereocenters. The van der Waals surface area contributed by atoms with Gasteiger partial charge in [0.2, 0.25) is 11.8 Å². The summed E-state index contributed by atoms with van der Waals surface area (Å²) in [5, 5.41) is 14.2. The number of carboxylic acid groups (broad SMARTS) is 1. The van der Waals surface area contributed by atoms with Crippen LogP contribution in [0.3, 0.4) is 0 Å². The van der Waals surface area contributed by atoms with Crippen LogP contribution in [-0.2, 0) is 19.2 Å². The number of oxime groups is 1. The minimum Gasteiger partial charge on any atom is -0.476 e. The number of nitrogens with zero attached hydrogens (tertiary/aromatic N) is 1. The van der Waals surface area contributed by atoms with Crippen LogP contribution in [0.15, 0.2) is 5.16 Å². The van der Waals surface area contributed by atoms with Crippen molar-refractivity contribution in [2.45, 2.75) is 19.4 Å². The minimum absolute atomic E-state index is 0.355. The molecule has 1 rings (SSSR count). The number of Topliss-reactive ketones (excluding diaryl/α,β-unsaturated/α-hetero) is 1. The third-order valence-electron chi connectivity index (χ3n) is 1.81. The largest absolute Gasteiger partial charge is 0.476 e. The van der Waals surface area contributed by atoms with Crippen LogP contribution in [0.2, 0.25) is 0 Å². The lowest BCUT2D eigenvalue weighted by Gasteiger charge is -2.04. The molecule has 1 atom stereocenters. The molecular formula is C8H10N2O5. The van der Waals surface area contributed by atoms with Gasteiger partial charge < -0.3 is 15.3 Å². The van der Waals surface area contributed by atoms with E-state index in [4.69, 9.17) is 5.11 Å². The maximum atomic E-state index is 11.0. The van der Waals surface area contributed by atoms with Gasteiger partial charge in [-0.05, 0) is 0 Å². The number of carboxylic acids is 1. The van der Waals surface area contributed by atoms with Crippen LogP contribution in [0, 0.1) is 0 Å². The second-order valence-electron chi connectivity index (χ2n) is 2.97. The van der Waals surface area contributed by atoms with E-state index in [9.17, 15) is 14.4 Å². The molecule has 82 valence electrons. The number of carbonyl (C=O) groups excluding carboxylic acids is 2. The van der Waals surface area contributed by atoms with E-state index < -0.39 is 23.6 Å². The molecule has 0 aliphatic carbocycles. The number of carbonyl (C=O) groups is 3. The summed E-state index contributed by atoms with van der Waals surface area (Å²) < 4.78 is 0. The molecule has 7 heteroatoms. The van der Waals surface area contributed by atoms with E-state index in [0.29, 0.717) is 13.0 Å². The van der Waals surface area contributed by atoms with Crippen molar-refractivity contribution in [3.63, 3.8) is 0 Å². The Morgan fingerprint density at radius 2 is 2.27 bits per heavy atom. The Bertz CT molecular complexity index is 320. The summed E-state index contributed by atoms with van der Waals surface area (Å²) in [5.74, 6) is -2.55. The van der Waals surface area contributed by atoms with Crippen LogP contribution in [0.5, 0.6) is 0 Å². The predicted octanol–water partition coefficient (Wildman–Crippen LogP) is -1.08. The molecule has 1 aliphatic rings. The molecule has 1 aliphatic heterocycles. The number of nitrogens with one attached hydrogen (secondary N) is 1. The molecule has 1 saturated heterocycles. The normalized spacial score (nSPS) is 21.0. The molecule has 1 amide bonds. The smallest absolute Gasteiger partial charge is 0.361 e. The average molecular weight is 214 g/mol. The highest BCUT2D eigenvalue weighted by atomic mass is 16.6. The maximum absolute atomic E-state index is 11.0. The van der Waals surface area contributed by atoms with E-state index in [1.165, 1.54) is 0 Å². The molecule has 7 nitrogen and oxygen atoms in total. The Morgan fingerprint density at radius 1 is 1.60 bits per heavy atom. The van der Waals surface area contributed by atoms with Gasteiger partial charge in [0, 0.05) is 19.9 Å². The Kier molecular flexibility index (Phi) is 3.37. The van der Waals surface area contributed by atoms with Crippen molar-refractivity contribution >= 4 is 23.4 Å². The summed E-state index contributed by atoms with van der Waals surface area (Å²) in [5.41, 5.74) is -0.713. The van der Waals surface area contributed by atoms with Crippen molar-refractivity contribution in [2.75, 3.05) is 6.54 Å². The molecule has 0 saturated carbocycles. The zero-order chi connectivity index (χ0) is 11.4. The van der Waals surface area contributed by atoms with Gasteiger partial charge in [-0.1, -0.05) is 5.16 Å². The monoisotopic (exact) mass is 214 g/mol. The zero-order valence-corrected chi connectivity index (χ0v) is 8.02.